The van der Waals surface area contributed by atoms with Crippen LogP contribution >= 0.6 is 0 Å². The van der Waals surface area contributed by atoms with E-state index in [-0.39, 0.29) is 12.0 Å². The molecule has 9 nitrogen and oxygen atoms in total. The molecular formula is C19H26N6O3. The summed E-state index contributed by atoms with van der Waals surface area (Å²) >= 11 is 0. The van der Waals surface area contributed by atoms with E-state index in [1.165, 1.54) is 6.20 Å². The lowest BCUT2D eigenvalue weighted by atomic mass is 9.83. The van der Waals surface area contributed by atoms with Gasteiger partial charge in [-0.15, -0.1) is 0 Å². The molecule has 150 valence electrons. The number of piperidine rings is 1. The second-order valence-corrected chi connectivity index (χ2v) is 7.85. The topological polar surface area (TPSA) is 126 Å². The number of carbonyl (C=O) groups is 2. The molecule has 0 radical (unpaired) electrons. The molecule has 9 heteroatoms. The van der Waals surface area contributed by atoms with E-state index in [9.17, 15) is 9.59 Å². The highest BCUT2D eigenvalue weighted by Crippen LogP contribution is 2.31. The summed E-state index contributed by atoms with van der Waals surface area (Å²) < 4.78 is 5.63. The minimum atomic E-state index is -0.668. The standard InChI is InChI=1S/C19H26N6O3/c1-11-4-5-15(12-3-2-6-28-10-12)25(9-11)19(27)18(26)23-14-8-21-17(20)13-7-22-24-16(13)14/h7-8,11-12,15H,2-6,9-10H2,1H3,(H2,20,21)(H,22,24)(H,23,26)/t11-,12+,15+/m0/s1. The van der Waals surface area contributed by atoms with Crippen LogP contribution in [0.1, 0.15) is 32.6 Å². The number of anilines is 2. The number of nitrogen functional groups attached to an aromatic ring is 1. The molecule has 0 aliphatic carbocycles. The second kappa shape index (κ2) is 7.75. The minimum Gasteiger partial charge on any atom is -0.383 e. The maximum atomic E-state index is 13.0. The van der Waals surface area contributed by atoms with Crippen molar-refractivity contribution in [3.63, 3.8) is 0 Å². The van der Waals surface area contributed by atoms with Gasteiger partial charge in [-0.25, -0.2) is 4.98 Å². The van der Waals surface area contributed by atoms with Gasteiger partial charge in [-0.2, -0.15) is 5.10 Å². The molecule has 2 saturated heterocycles. The number of pyridine rings is 1. The van der Waals surface area contributed by atoms with Crippen molar-refractivity contribution < 1.29 is 14.3 Å². The second-order valence-electron chi connectivity index (χ2n) is 7.85. The average molecular weight is 386 g/mol. The van der Waals surface area contributed by atoms with Crippen molar-refractivity contribution >= 4 is 34.2 Å². The molecule has 0 bridgehead atoms. The van der Waals surface area contributed by atoms with Gasteiger partial charge in [0.15, 0.2) is 0 Å². The van der Waals surface area contributed by atoms with Crippen molar-refractivity contribution in [3.05, 3.63) is 12.4 Å². The maximum Gasteiger partial charge on any atom is 0.314 e. The third-order valence-corrected chi connectivity index (χ3v) is 5.82. The quantitative estimate of drug-likeness (QED) is 0.672. The van der Waals surface area contributed by atoms with E-state index in [4.69, 9.17) is 10.5 Å². The molecule has 0 unspecified atom stereocenters. The predicted octanol–water partition coefficient (Wildman–Crippen LogP) is 1.53. The van der Waals surface area contributed by atoms with Gasteiger partial charge in [0.05, 0.1) is 35.6 Å². The Bertz CT molecular complexity index is 876. The number of fused-ring (bicyclic) bond motifs is 1. The number of nitrogens with zero attached hydrogens (tertiary/aromatic N) is 3. The lowest BCUT2D eigenvalue weighted by molar-refractivity contribution is -0.148. The summed E-state index contributed by atoms with van der Waals surface area (Å²) in [5.74, 6) is -0.203. The van der Waals surface area contributed by atoms with Crippen LogP contribution in [0.5, 0.6) is 0 Å². The fourth-order valence-corrected chi connectivity index (χ4v) is 4.32. The number of rotatable bonds is 2. The van der Waals surface area contributed by atoms with Crippen LogP contribution in [0.2, 0.25) is 0 Å². The fraction of sp³-hybridized carbons (Fsp3) is 0.579. The number of hydrogen-bond donors (Lipinski definition) is 3. The number of likely N-dealkylation sites (tertiary alicyclic amines) is 1. The molecule has 4 N–H and O–H groups in total. The zero-order valence-electron chi connectivity index (χ0n) is 16.0. The van der Waals surface area contributed by atoms with Crippen LogP contribution in [0.3, 0.4) is 0 Å². The van der Waals surface area contributed by atoms with Crippen LogP contribution in [0, 0.1) is 11.8 Å². The molecule has 28 heavy (non-hydrogen) atoms. The molecule has 4 rings (SSSR count). The normalized spacial score (nSPS) is 25.6. The van der Waals surface area contributed by atoms with Crippen LogP contribution in [0.15, 0.2) is 12.4 Å². The largest absolute Gasteiger partial charge is 0.383 e. The number of nitrogens with two attached hydrogens (primary N) is 1. The number of nitrogens with one attached hydrogen (secondary N) is 2. The van der Waals surface area contributed by atoms with Crippen LogP contribution in [-0.2, 0) is 14.3 Å². The monoisotopic (exact) mass is 386 g/mol. The molecule has 3 atom stereocenters. The highest BCUT2D eigenvalue weighted by atomic mass is 16.5. The molecule has 2 aromatic heterocycles. The van der Waals surface area contributed by atoms with E-state index in [1.54, 1.807) is 11.1 Å². The first-order valence-electron chi connectivity index (χ1n) is 9.82. The van der Waals surface area contributed by atoms with E-state index in [2.05, 4.69) is 27.4 Å². The lowest BCUT2D eigenvalue weighted by Gasteiger charge is -2.43. The van der Waals surface area contributed by atoms with Crippen molar-refractivity contribution in [1.29, 1.82) is 0 Å². The predicted molar refractivity (Wildman–Crippen MR) is 104 cm³/mol. The van der Waals surface area contributed by atoms with Crippen LogP contribution in [0.4, 0.5) is 11.5 Å². The third kappa shape index (κ3) is 3.54. The van der Waals surface area contributed by atoms with Crippen molar-refractivity contribution in [3.8, 4) is 0 Å². The van der Waals surface area contributed by atoms with E-state index in [0.29, 0.717) is 41.5 Å². The zero-order valence-corrected chi connectivity index (χ0v) is 16.0. The summed E-state index contributed by atoms with van der Waals surface area (Å²) in [4.78, 5) is 31.6. The summed E-state index contributed by atoms with van der Waals surface area (Å²) in [5.41, 5.74) is 6.77. The third-order valence-electron chi connectivity index (χ3n) is 5.82. The van der Waals surface area contributed by atoms with Gasteiger partial charge in [0, 0.05) is 25.1 Å². The Morgan fingerprint density at radius 2 is 2.18 bits per heavy atom. The lowest BCUT2D eigenvalue weighted by Crippen LogP contribution is -2.54. The van der Waals surface area contributed by atoms with Gasteiger partial charge in [0.1, 0.15) is 5.82 Å². The van der Waals surface area contributed by atoms with Gasteiger partial charge in [-0.05, 0) is 31.6 Å². The van der Waals surface area contributed by atoms with E-state index >= 15 is 0 Å². The smallest absolute Gasteiger partial charge is 0.314 e. The Kier molecular flexibility index (Phi) is 5.17. The summed E-state index contributed by atoms with van der Waals surface area (Å²) in [6.07, 6.45) is 6.97. The SMILES string of the molecule is C[C@H]1CC[C@H]([C@@H]2CCCOC2)N(C(=O)C(=O)Nc2cnc(N)c3cn[nH]c23)C1. The molecular weight excluding hydrogens is 360 g/mol. The first-order valence-corrected chi connectivity index (χ1v) is 9.82. The first kappa shape index (κ1) is 18.7. The minimum absolute atomic E-state index is 0.0477. The molecule has 2 aliphatic heterocycles. The number of carbonyl (C=O) groups excluding carboxylic acids is 2. The number of aromatic amines is 1. The molecule has 4 heterocycles. The fourth-order valence-electron chi connectivity index (χ4n) is 4.32. The summed E-state index contributed by atoms with van der Waals surface area (Å²) in [7, 11) is 0. The molecule has 2 amide bonds. The molecule has 2 fully saturated rings. The van der Waals surface area contributed by atoms with E-state index in [1.807, 2.05) is 0 Å². The van der Waals surface area contributed by atoms with Crippen molar-refractivity contribution in [2.45, 2.75) is 38.6 Å². The van der Waals surface area contributed by atoms with Gasteiger partial charge < -0.3 is 20.7 Å². The Labute approximate surface area is 163 Å². The molecule has 0 spiro atoms. The number of amides is 2. The number of ether oxygens (including phenoxy) is 1. The van der Waals surface area contributed by atoms with E-state index < -0.39 is 11.8 Å². The highest BCUT2D eigenvalue weighted by molar-refractivity contribution is 6.40. The Morgan fingerprint density at radius 3 is 2.96 bits per heavy atom. The molecule has 2 aromatic rings. The number of hydrogen-bond acceptors (Lipinski definition) is 6. The Hall–Kier alpha value is -2.68. The summed E-state index contributed by atoms with van der Waals surface area (Å²) in [5, 5.41) is 10.0. The van der Waals surface area contributed by atoms with Crippen LogP contribution < -0.4 is 11.1 Å². The van der Waals surface area contributed by atoms with Crippen molar-refractivity contribution in [2.24, 2.45) is 11.8 Å². The average Bonchev–Trinajstić information content (AvgIpc) is 3.21. The van der Waals surface area contributed by atoms with E-state index in [0.717, 1.165) is 32.3 Å². The number of H-pyrrole nitrogens is 1. The molecule has 0 saturated carbocycles. The summed E-state index contributed by atoms with van der Waals surface area (Å²) in [6, 6.07) is 0.0477. The van der Waals surface area contributed by atoms with Gasteiger partial charge in [0.25, 0.3) is 0 Å². The van der Waals surface area contributed by atoms with Crippen molar-refractivity contribution in [1.82, 2.24) is 20.1 Å². The highest BCUT2D eigenvalue weighted by Gasteiger charge is 2.38. The van der Waals surface area contributed by atoms with Gasteiger partial charge in [-0.1, -0.05) is 6.92 Å². The van der Waals surface area contributed by atoms with Crippen LogP contribution in [-0.4, -0.2) is 57.7 Å². The molecule has 0 aromatic carbocycles. The first-order chi connectivity index (χ1) is 13.5. The Morgan fingerprint density at radius 1 is 1.32 bits per heavy atom. The van der Waals surface area contributed by atoms with Gasteiger partial charge in [0.2, 0.25) is 0 Å². The zero-order chi connectivity index (χ0) is 19.7. The van der Waals surface area contributed by atoms with Crippen molar-refractivity contribution in [2.75, 3.05) is 30.8 Å². The molecule has 2 aliphatic rings. The maximum absolute atomic E-state index is 13.0. The van der Waals surface area contributed by atoms with Crippen LogP contribution in [0.25, 0.3) is 10.9 Å². The Balaban J connectivity index is 1.52. The van der Waals surface area contributed by atoms with Gasteiger partial charge in [-0.3, -0.25) is 14.7 Å². The van der Waals surface area contributed by atoms with Gasteiger partial charge >= 0.3 is 11.8 Å². The number of aromatic nitrogens is 3. The summed E-state index contributed by atoms with van der Waals surface area (Å²) in [6.45, 7) is 4.14.